The predicted molar refractivity (Wildman–Crippen MR) is 80.6 cm³/mol. The van der Waals surface area contributed by atoms with Gasteiger partial charge in [-0.3, -0.25) is 0 Å². The Balaban J connectivity index is 2.36. The molecule has 0 bridgehead atoms. The van der Waals surface area contributed by atoms with Crippen molar-refractivity contribution in [2.45, 2.75) is 32.8 Å². The van der Waals surface area contributed by atoms with Crippen molar-refractivity contribution in [2.75, 3.05) is 0 Å². The number of hydrogen-bond donors (Lipinski definition) is 1. The summed E-state index contributed by atoms with van der Waals surface area (Å²) in [6.45, 7) is 6.00. The van der Waals surface area contributed by atoms with E-state index in [9.17, 15) is 5.11 Å². The monoisotopic (exact) mass is 274 g/mol. The van der Waals surface area contributed by atoms with Gasteiger partial charge in [-0.2, -0.15) is 0 Å². The van der Waals surface area contributed by atoms with E-state index < -0.39 is 5.60 Å². The molecule has 0 saturated carbocycles. The molecule has 1 N–H and O–H groups in total. The summed E-state index contributed by atoms with van der Waals surface area (Å²) in [6, 6.07) is 13.6. The van der Waals surface area contributed by atoms with E-state index in [1.165, 1.54) is 16.7 Å². The molecule has 0 aromatic heterocycles. The standard InChI is InChI=1S/C17H19ClO/c1-12-6-4-7-13(2)16(12)11-17(3,19)14-8-5-9-15(18)10-14/h4-10,19H,11H2,1-3H3. The molecule has 2 aromatic carbocycles. The van der Waals surface area contributed by atoms with Gasteiger partial charge < -0.3 is 5.11 Å². The number of rotatable bonds is 3. The van der Waals surface area contributed by atoms with Gasteiger partial charge in [0.2, 0.25) is 0 Å². The van der Waals surface area contributed by atoms with Gasteiger partial charge in [-0.15, -0.1) is 0 Å². The summed E-state index contributed by atoms with van der Waals surface area (Å²) >= 11 is 6.01. The summed E-state index contributed by atoms with van der Waals surface area (Å²) in [5, 5.41) is 11.4. The maximum absolute atomic E-state index is 10.8. The fourth-order valence-corrected chi connectivity index (χ4v) is 2.59. The van der Waals surface area contributed by atoms with Crippen molar-refractivity contribution >= 4 is 11.6 Å². The third-order valence-corrected chi connectivity index (χ3v) is 3.85. The van der Waals surface area contributed by atoms with Crippen LogP contribution in [-0.2, 0) is 12.0 Å². The minimum absolute atomic E-state index is 0.589. The van der Waals surface area contributed by atoms with Crippen molar-refractivity contribution in [1.82, 2.24) is 0 Å². The zero-order valence-electron chi connectivity index (χ0n) is 11.6. The highest BCUT2D eigenvalue weighted by molar-refractivity contribution is 6.30. The van der Waals surface area contributed by atoms with Gasteiger partial charge in [0.1, 0.15) is 0 Å². The number of benzene rings is 2. The van der Waals surface area contributed by atoms with Crippen LogP contribution in [0.4, 0.5) is 0 Å². The Kier molecular flexibility index (Phi) is 3.98. The van der Waals surface area contributed by atoms with Crippen LogP contribution in [0, 0.1) is 13.8 Å². The molecule has 0 aliphatic heterocycles. The minimum Gasteiger partial charge on any atom is -0.385 e. The lowest BCUT2D eigenvalue weighted by atomic mass is 9.86. The highest BCUT2D eigenvalue weighted by Crippen LogP contribution is 2.29. The SMILES string of the molecule is Cc1cccc(C)c1CC(C)(O)c1cccc(Cl)c1. The summed E-state index contributed by atoms with van der Waals surface area (Å²) in [4.78, 5) is 0. The lowest BCUT2D eigenvalue weighted by Gasteiger charge is -2.26. The Morgan fingerprint density at radius 3 is 2.21 bits per heavy atom. The zero-order valence-corrected chi connectivity index (χ0v) is 12.3. The number of aryl methyl sites for hydroxylation is 2. The average molecular weight is 275 g/mol. The Bertz CT molecular complexity index is 567. The van der Waals surface area contributed by atoms with Gasteiger partial charge in [-0.25, -0.2) is 0 Å². The van der Waals surface area contributed by atoms with Crippen LogP contribution < -0.4 is 0 Å². The summed E-state index contributed by atoms with van der Waals surface area (Å²) in [7, 11) is 0. The van der Waals surface area contributed by atoms with Crippen LogP contribution in [0.2, 0.25) is 5.02 Å². The Morgan fingerprint density at radius 1 is 1.05 bits per heavy atom. The van der Waals surface area contributed by atoms with Crippen LogP contribution >= 0.6 is 11.6 Å². The molecular weight excluding hydrogens is 256 g/mol. The molecule has 0 saturated heterocycles. The fourth-order valence-electron chi connectivity index (χ4n) is 2.40. The fraction of sp³-hybridized carbons (Fsp3) is 0.294. The van der Waals surface area contributed by atoms with Crippen molar-refractivity contribution in [3.8, 4) is 0 Å². The van der Waals surface area contributed by atoms with Gasteiger partial charge in [-0.05, 0) is 55.2 Å². The van der Waals surface area contributed by atoms with Crippen LogP contribution in [0.25, 0.3) is 0 Å². The van der Waals surface area contributed by atoms with Crippen molar-refractivity contribution in [3.63, 3.8) is 0 Å². The highest BCUT2D eigenvalue weighted by Gasteiger charge is 2.25. The molecule has 1 unspecified atom stereocenters. The van der Waals surface area contributed by atoms with Gasteiger partial charge >= 0.3 is 0 Å². The quantitative estimate of drug-likeness (QED) is 0.879. The lowest BCUT2D eigenvalue weighted by Crippen LogP contribution is -2.25. The summed E-state index contributed by atoms with van der Waals surface area (Å²) in [6.07, 6.45) is 0.589. The first-order valence-corrected chi connectivity index (χ1v) is 6.81. The molecule has 19 heavy (non-hydrogen) atoms. The van der Waals surface area contributed by atoms with Gasteiger partial charge in [0.15, 0.2) is 0 Å². The molecule has 0 aliphatic carbocycles. The Morgan fingerprint density at radius 2 is 1.63 bits per heavy atom. The van der Waals surface area contributed by atoms with E-state index in [0.717, 1.165) is 5.56 Å². The van der Waals surface area contributed by atoms with Crippen LogP contribution in [0.1, 0.15) is 29.2 Å². The molecule has 0 spiro atoms. The lowest BCUT2D eigenvalue weighted by molar-refractivity contribution is 0.0573. The molecular formula is C17H19ClO. The van der Waals surface area contributed by atoms with Gasteiger partial charge in [0, 0.05) is 11.4 Å². The summed E-state index contributed by atoms with van der Waals surface area (Å²) in [5.41, 5.74) is 3.56. The second-order valence-corrected chi connectivity index (χ2v) is 5.77. The van der Waals surface area contributed by atoms with E-state index in [2.05, 4.69) is 26.0 Å². The Labute approximate surface area is 119 Å². The normalized spacial score (nSPS) is 14.2. The first-order chi connectivity index (χ1) is 8.90. The van der Waals surface area contributed by atoms with E-state index in [-0.39, 0.29) is 0 Å². The molecule has 100 valence electrons. The third kappa shape index (κ3) is 3.17. The van der Waals surface area contributed by atoms with E-state index in [1.807, 2.05) is 37.3 Å². The number of aliphatic hydroxyl groups is 1. The third-order valence-electron chi connectivity index (χ3n) is 3.61. The van der Waals surface area contributed by atoms with Crippen molar-refractivity contribution in [3.05, 3.63) is 69.7 Å². The largest absolute Gasteiger partial charge is 0.385 e. The van der Waals surface area contributed by atoms with Crippen molar-refractivity contribution < 1.29 is 5.11 Å². The number of hydrogen-bond acceptors (Lipinski definition) is 1. The van der Waals surface area contributed by atoms with Crippen molar-refractivity contribution in [2.24, 2.45) is 0 Å². The van der Waals surface area contributed by atoms with E-state index >= 15 is 0 Å². The molecule has 0 heterocycles. The van der Waals surface area contributed by atoms with Crippen LogP contribution in [0.15, 0.2) is 42.5 Å². The summed E-state index contributed by atoms with van der Waals surface area (Å²) < 4.78 is 0. The number of halogens is 1. The molecule has 2 aromatic rings. The van der Waals surface area contributed by atoms with E-state index in [0.29, 0.717) is 11.4 Å². The van der Waals surface area contributed by atoms with Gasteiger partial charge in [0.25, 0.3) is 0 Å². The maximum atomic E-state index is 10.8. The zero-order chi connectivity index (χ0) is 14.0. The van der Waals surface area contributed by atoms with Crippen LogP contribution in [0.3, 0.4) is 0 Å². The smallest absolute Gasteiger partial charge is 0.0909 e. The first kappa shape index (κ1) is 14.1. The molecule has 0 aliphatic rings. The predicted octanol–water partition coefficient (Wildman–Crippen LogP) is 4.41. The van der Waals surface area contributed by atoms with E-state index in [4.69, 9.17) is 11.6 Å². The topological polar surface area (TPSA) is 20.2 Å². The van der Waals surface area contributed by atoms with Gasteiger partial charge in [0.05, 0.1) is 5.60 Å². The minimum atomic E-state index is -0.915. The highest BCUT2D eigenvalue weighted by atomic mass is 35.5. The molecule has 1 atom stereocenters. The summed E-state index contributed by atoms with van der Waals surface area (Å²) in [5.74, 6) is 0. The van der Waals surface area contributed by atoms with Crippen LogP contribution in [-0.4, -0.2) is 5.11 Å². The second-order valence-electron chi connectivity index (χ2n) is 5.33. The molecule has 2 rings (SSSR count). The molecule has 0 fully saturated rings. The average Bonchev–Trinajstić information content (AvgIpc) is 2.34. The molecule has 0 amide bonds. The second kappa shape index (κ2) is 5.36. The van der Waals surface area contributed by atoms with E-state index in [1.54, 1.807) is 0 Å². The Hall–Kier alpha value is -1.31. The first-order valence-electron chi connectivity index (χ1n) is 6.44. The maximum Gasteiger partial charge on any atom is 0.0909 e. The molecule has 1 nitrogen and oxygen atoms in total. The molecule has 2 heteroatoms. The van der Waals surface area contributed by atoms with Crippen molar-refractivity contribution in [1.29, 1.82) is 0 Å². The molecule has 0 radical (unpaired) electrons. The van der Waals surface area contributed by atoms with Gasteiger partial charge in [-0.1, -0.05) is 41.9 Å². The van der Waals surface area contributed by atoms with Crippen LogP contribution in [0.5, 0.6) is 0 Å².